The summed E-state index contributed by atoms with van der Waals surface area (Å²) in [4.78, 5) is 0. The zero-order valence-electron chi connectivity index (χ0n) is 7.45. The molecule has 12 heavy (non-hydrogen) atoms. The van der Waals surface area contributed by atoms with E-state index in [-0.39, 0.29) is 0 Å². The lowest BCUT2D eigenvalue weighted by atomic mass is 9.73. The molecule has 0 aromatic heterocycles. The lowest BCUT2D eigenvalue weighted by Gasteiger charge is -2.32. The van der Waals surface area contributed by atoms with Gasteiger partial charge in [0.25, 0.3) is 0 Å². The van der Waals surface area contributed by atoms with Crippen molar-refractivity contribution in [2.45, 2.75) is 32.6 Å². The third-order valence-electron chi connectivity index (χ3n) is 2.93. The van der Waals surface area contributed by atoms with Crippen LogP contribution in [0, 0.1) is 11.8 Å². The number of rotatable bonds is 0. The highest BCUT2D eigenvalue weighted by Crippen LogP contribution is 2.37. The Morgan fingerprint density at radius 1 is 1.42 bits per heavy atom. The van der Waals surface area contributed by atoms with E-state index >= 15 is 0 Å². The molecule has 0 heterocycles. The lowest BCUT2D eigenvalue weighted by molar-refractivity contribution is 0.300. The minimum absolute atomic E-state index is 0.656. The predicted octanol–water partition coefficient (Wildman–Crippen LogP) is 2.58. The first-order valence-electron chi connectivity index (χ1n) is 4.65. The summed E-state index contributed by atoms with van der Waals surface area (Å²) in [5, 5.41) is 12.0. The average molecular weight is 165 g/mol. The first-order chi connectivity index (χ1) is 5.78. The van der Waals surface area contributed by atoms with E-state index in [4.69, 9.17) is 5.21 Å². The maximum Gasteiger partial charge on any atom is 0.0579 e. The highest BCUT2D eigenvalue weighted by atomic mass is 16.4. The van der Waals surface area contributed by atoms with E-state index in [9.17, 15) is 0 Å². The molecule has 0 amide bonds. The van der Waals surface area contributed by atoms with E-state index < -0.39 is 0 Å². The van der Waals surface area contributed by atoms with Crippen LogP contribution in [-0.2, 0) is 0 Å². The summed E-state index contributed by atoms with van der Waals surface area (Å²) in [6, 6.07) is 0. The topological polar surface area (TPSA) is 32.6 Å². The van der Waals surface area contributed by atoms with Crippen LogP contribution in [0.1, 0.15) is 32.6 Å². The lowest BCUT2D eigenvalue weighted by Crippen LogP contribution is -2.25. The van der Waals surface area contributed by atoms with Gasteiger partial charge in [-0.05, 0) is 44.4 Å². The largest absolute Gasteiger partial charge is 0.411 e. The standard InChI is InChI=1S/C10H15NO/c1-7-2-8-4-9(3-7)6-10(5-8)11-12/h2,8-9,12H,3-6H2,1H3. The molecule has 2 bridgehead atoms. The summed E-state index contributed by atoms with van der Waals surface area (Å²) in [7, 11) is 0. The average Bonchev–Trinajstić information content (AvgIpc) is 2.02. The van der Waals surface area contributed by atoms with E-state index in [0.29, 0.717) is 5.92 Å². The number of allylic oxidation sites excluding steroid dienone is 2. The van der Waals surface area contributed by atoms with Crippen LogP contribution in [0.25, 0.3) is 0 Å². The molecule has 2 unspecified atom stereocenters. The van der Waals surface area contributed by atoms with Gasteiger partial charge < -0.3 is 5.21 Å². The van der Waals surface area contributed by atoms with Crippen molar-refractivity contribution in [1.82, 2.24) is 0 Å². The molecule has 0 aromatic carbocycles. The minimum atomic E-state index is 0.656. The third-order valence-corrected chi connectivity index (χ3v) is 2.93. The van der Waals surface area contributed by atoms with Crippen LogP contribution >= 0.6 is 0 Å². The van der Waals surface area contributed by atoms with Crippen molar-refractivity contribution in [3.63, 3.8) is 0 Å². The quantitative estimate of drug-likeness (QED) is 0.334. The summed E-state index contributed by atoms with van der Waals surface area (Å²) < 4.78 is 0. The molecule has 1 fully saturated rings. The van der Waals surface area contributed by atoms with Crippen LogP contribution in [0.3, 0.4) is 0 Å². The Morgan fingerprint density at radius 2 is 2.25 bits per heavy atom. The van der Waals surface area contributed by atoms with Crippen LogP contribution in [-0.4, -0.2) is 10.9 Å². The van der Waals surface area contributed by atoms with Gasteiger partial charge in [-0.25, -0.2) is 0 Å². The van der Waals surface area contributed by atoms with Crippen molar-refractivity contribution >= 4 is 5.71 Å². The Hall–Kier alpha value is -0.790. The smallest absolute Gasteiger partial charge is 0.0579 e. The molecule has 2 nitrogen and oxygen atoms in total. The van der Waals surface area contributed by atoms with Crippen molar-refractivity contribution in [1.29, 1.82) is 0 Å². The maximum absolute atomic E-state index is 8.68. The van der Waals surface area contributed by atoms with Gasteiger partial charge >= 0.3 is 0 Å². The molecule has 1 N–H and O–H groups in total. The van der Waals surface area contributed by atoms with Crippen LogP contribution in [0.5, 0.6) is 0 Å². The van der Waals surface area contributed by atoms with Crippen molar-refractivity contribution in [3.8, 4) is 0 Å². The highest BCUT2D eigenvalue weighted by molar-refractivity contribution is 5.85. The van der Waals surface area contributed by atoms with Crippen molar-refractivity contribution in [3.05, 3.63) is 11.6 Å². The number of nitrogens with zero attached hydrogens (tertiary/aromatic N) is 1. The van der Waals surface area contributed by atoms with E-state index in [1.807, 2.05) is 0 Å². The molecule has 2 aliphatic carbocycles. The molecule has 2 rings (SSSR count). The fourth-order valence-electron chi connectivity index (χ4n) is 2.60. The van der Waals surface area contributed by atoms with Gasteiger partial charge in [-0.15, -0.1) is 0 Å². The molecule has 0 aromatic rings. The predicted molar refractivity (Wildman–Crippen MR) is 48.4 cm³/mol. The normalized spacial score (nSPS) is 38.1. The second-order valence-corrected chi connectivity index (χ2v) is 4.15. The van der Waals surface area contributed by atoms with Crippen LogP contribution < -0.4 is 0 Å². The van der Waals surface area contributed by atoms with Crippen molar-refractivity contribution < 1.29 is 5.21 Å². The van der Waals surface area contributed by atoms with Gasteiger partial charge in [-0.3, -0.25) is 0 Å². The molecule has 0 saturated heterocycles. The Morgan fingerprint density at radius 3 is 2.92 bits per heavy atom. The second kappa shape index (κ2) is 2.92. The fourth-order valence-corrected chi connectivity index (χ4v) is 2.60. The molecule has 1 saturated carbocycles. The van der Waals surface area contributed by atoms with E-state index in [0.717, 1.165) is 24.5 Å². The summed E-state index contributed by atoms with van der Waals surface area (Å²) in [5.74, 6) is 1.41. The first-order valence-corrected chi connectivity index (χ1v) is 4.65. The molecular formula is C10H15NO. The molecule has 66 valence electrons. The van der Waals surface area contributed by atoms with Crippen LogP contribution in [0.15, 0.2) is 16.8 Å². The maximum atomic E-state index is 8.68. The summed E-state index contributed by atoms with van der Waals surface area (Å²) in [6.07, 6.45) is 6.84. The SMILES string of the molecule is CC1=CC2CC(=NO)CC(C1)C2. The Kier molecular flexibility index (Phi) is 1.91. The van der Waals surface area contributed by atoms with Crippen LogP contribution in [0.2, 0.25) is 0 Å². The highest BCUT2D eigenvalue weighted by Gasteiger charge is 2.28. The number of fused-ring (bicyclic) bond motifs is 2. The molecular weight excluding hydrogens is 150 g/mol. The fraction of sp³-hybridized carbons (Fsp3) is 0.700. The zero-order chi connectivity index (χ0) is 8.55. The molecule has 0 spiro atoms. The Bertz CT molecular complexity index is 242. The summed E-state index contributed by atoms with van der Waals surface area (Å²) >= 11 is 0. The number of oxime groups is 1. The van der Waals surface area contributed by atoms with E-state index in [2.05, 4.69) is 18.2 Å². The molecule has 2 atom stereocenters. The van der Waals surface area contributed by atoms with Gasteiger partial charge in [-0.2, -0.15) is 0 Å². The molecule has 0 radical (unpaired) electrons. The number of hydrogen-bond donors (Lipinski definition) is 1. The van der Waals surface area contributed by atoms with Gasteiger partial charge in [0.2, 0.25) is 0 Å². The molecule has 0 aliphatic heterocycles. The second-order valence-electron chi connectivity index (χ2n) is 4.15. The minimum Gasteiger partial charge on any atom is -0.411 e. The van der Waals surface area contributed by atoms with Crippen molar-refractivity contribution in [2.75, 3.05) is 0 Å². The van der Waals surface area contributed by atoms with Gasteiger partial charge in [0.1, 0.15) is 0 Å². The monoisotopic (exact) mass is 165 g/mol. The summed E-state index contributed by atoms with van der Waals surface area (Å²) in [5.41, 5.74) is 2.52. The third kappa shape index (κ3) is 1.38. The van der Waals surface area contributed by atoms with Crippen molar-refractivity contribution in [2.24, 2.45) is 17.0 Å². The van der Waals surface area contributed by atoms with Gasteiger partial charge in [0.05, 0.1) is 5.71 Å². The van der Waals surface area contributed by atoms with Crippen LogP contribution in [0.4, 0.5) is 0 Å². The Labute approximate surface area is 73.0 Å². The van der Waals surface area contributed by atoms with Gasteiger partial charge in [0, 0.05) is 0 Å². The van der Waals surface area contributed by atoms with E-state index in [1.54, 1.807) is 0 Å². The van der Waals surface area contributed by atoms with E-state index in [1.165, 1.54) is 18.4 Å². The molecule has 2 aliphatic rings. The first kappa shape index (κ1) is 7.84. The zero-order valence-corrected chi connectivity index (χ0v) is 7.45. The Balaban J connectivity index is 2.17. The van der Waals surface area contributed by atoms with Gasteiger partial charge in [-0.1, -0.05) is 16.8 Å². The summed E-state index contributed by atoms with van der Waals surface area (Å²) in [6.45, 7) is 2.21. The number of hydrogen-bond acceptors (Lipinski definition) is 2. The molecule has 2 heteroatoms. The van der Waals surface area contributed by atoms with Gasteiger partial charge in [0.15, 0.2) is 0 Å².